The lowest BCUT2D eigenvalue weighted by atomic mass is 10.0. The Hall–Kier alpha value is -1.89. The molecule has 0 N–H and O–H groups in total. The van der Waals surface area contributed by atoms with Crippen molar-refractivity contribution in [3.63, 3.8) is 0 Å². The van der Waals surface area contributed by atoms with E-state index in [0.717, 1.165) is 19.4 Å². The molecule has 2 aromatic rings. The normalized spacial score (nSPS) is 18.2. The van der Waals surface area contributed by atoms with Gasteiger partial charge in [-0.15, -0.1) is 10.2 Å². The van der Waals surface area contributed by atoms with Crippen molar-refractivity contribution in [2.75, 3.05) is 12.3 Å². The maximum Gasteiger partial charge on any atom is 0.277 e. The summed E-state index contributed by atoms with van der Waals surface area (Å²) in [6, 6.07) is 6.27. The van der Waals surface area contributed by atoms with Crippen molar-refractivity contribution in [3.05, 3.63) is 30.1 Å². The van der Waals surface area contributed by atoms with E-state index in [1.54, 1.807) is 12.1 Å². The minimum Gasteiger partial charge on any atom is -0.411 e. The number of benzene rings is 1. The van der Waals surface area contributed by atoms with Gasteiger partial charge >= 0.3 is 0 Å². The number of nitrogens with zero attached hydrogens (tertiary/aromatic N) is 3. The third-order valence-electron chi connectivity index (χ3n) is 3.92. The molecule has 0 unspecified atom stereocenters. The Morgan fingerprint density at radius 3 is 3.09 bits per heavy atom. The van der Waals surface area contributed by atoms with Crippen LogP contribution in [0.4, 0.5) is 4.39 Å². The molecule has 0 bridgehead atoms. The molecule has 1 aromatic heterocycles. The Balaban J connectivity index is 1.60. The van der Waals surface area contributed by atoms with E-state index in [9.17, 15) is 9.18 Å². The summed E-state index contributed by atoms with van der Waals surface area (Å²) in [5, 5.41) is 8.14. The second-order valence-corrected chi connectivity index (χ2v) is 6.53. The number of piperidine rings is 1. The molecular weight excluding hydrogens is 317 g/mol. The molecule has 1 aromatic carbocycles. The van der Waals surface area contributed by atoms with E-state index in [-0.39, 0.29) is 23.4 Å². The highest BCUT2D eigenvalue weighted by Gasteiger charge is 2.23. The Bertz CT molecular complexity index is 691. The van der Waals surface area contributed by atoms with Crippen molar-refractivity contribution >= 4 is 17.7 Å². The first-order valence-corrected chi connectivity index (χ1v) is 8.64. The predicted molar refractivity (Wildman–Crippen MR) is 85.4 cm³/mol. The summed E-state index contributed by atoms with van der Waals surface area (Å²) in [7, 11) is 0. The summed E-state index contributed by atoms with van der Waals surface area (Å²) < 4.78 is 18.7. The molecule has 1 fully saturated rings. The van der Waals surface area contributed by atoms with Crippen LogP contribution >= 0.6 is 11.8 Å². The number of thioether (sulfide) groups is 1. The van der Waals surface area contributed by atoms with Gasteiger partial charge in [-0.25, -0.2) is 4.39 Å². The van der Waals surface area contributed by atoms with Gasteiger partial charge in [-0.1, -0.05) is 17.8 Å². The van der Waals surface area contributed by atoms with Gasteiger partial charge in [0.15, 0.2) is 0 Å². The Kier molecular flexibility index (Phi) is 4.95. The van der Waals surface area contributed by atoms with Crippen molar-refractivity contribution < 1.29 is 13.6 Å². The summed E-state index contributed by atoms with van der Waals surface area (Å²) in [6.07, 6.45) is 3.30. The third-order valence-corrected chi connectivity index (χ3v) is 4.72. The van der Waals surface area contributed by atoms with Gasteiger partial charge in [0.25, 0.3) is 5.22 Å². The number of hydrogen-bond acceptors (Lipinski definition) is 5. The Labute approximate surface area is 138 Å². The van der Waals surface area contributed by atoms with Gasteiger partial charge in [-0.2, -0.15) is 0 Å². The van der Waals surface area contributed by atoms with E-state index >= 15 is 0 Å². The standard InChI is InChI=1S/C16H18FN3O2S/c1-11-5-2-3-8-20(11)14(21)10-23-16-19-18-15(22-16)12-6-4-7-13(17)9-12/h4,6-7,9,11H,2-3,5,8,10H2,1H3/t11-/m0/s1. The number of amides is 1. The van der Waals surface area contributed by atoms with Crippen molar-refractivity contribution in [2.45, 2.75) is 37.5 Å². The van der Waals surface area contributed by atoms with Crippen molar-refractivity contribution in [2.24, 2.45) is 0 Å². The van der Waals surface area contributed by atoms with E-state index in [1.165, 1.54) is 30.3 Å². The SMILES string of the molecule is C[C@H]1CCCCN1C(=O)CSc1nnc(-c2cccc(F)c2)o1. The Morgan fingerprint density at radius 2 is 2.30 bits per heavy atom. The van der Waals surface area contributed by atoms with Crippen LogP contribution < -0.4 is 0 Å². The van der Waals surface area contributed by atoms with E-state index in [0.29, 0.717) is 16.8 Å². The summed E-state index contributed by atoms with van der Waals surface area (Å²) in [6.45, 7) is 2.90. The zero-order valence-corrected chi connectivity index (χ0v) is 13.7. The first kappa shape index (κ1) is 16.0. The fourth-order valence-corrected chi connectivity index (χ4v) is 3.33. The zero-order chi connectivity index (χ0) is 16.2. The quantitative estimate of drug-likeness (QED) is 0.802. The van der Waals surface area contributed by atoms with Crippen LogP contribution in [0.3, 0.4) is 0 Å². The van der Waals surface area contributed by atoms with Gasteiger partial charge in [-0.3, -0.25) is 4.79 Å². The van der Waals surface area contributed by atoms with Gasteiger partial charge < -0.3 is 9.32 Å². The summed E-state index contributed by atoms with van der Waals surface area (Å²) in [4.78, 5) is 14.2. The monoisotopic (exact) mass is 335 g/mol. The highest BCUT2D eigenvalue weighted by Crippen LogP contribution is 2.25. The first-order chi connectivity index (χ1) is 11.1. The van der Waals surface area contributed by atoms with Gasteiger partial charge in [0.05, 0.1) is 5.75 Å². The molecular formula is C16H18FN3O2S. The summed E-state index contributed by atoms with van der Waals surface area (Å²) in [5.74, 6) is 0.262. The van der Waals surface area contributed by atoms with Gasteiger partial charge in [-0.05, 0) is 44.4 Å². The lowest BCUT2D eigenvalue weighted by Gasteiger charge is -2.33. The smallest absolute Gasteiger partial charge is 0.277 e. The number of aromatic nitrogens is 2. The molecule has 7 heteroatoms. The molecule has 1 atom stereocenters. The maximum atomic E-state index is 13.2. The summed E-state index contributed by atoms with van der Waals surface area (Å²) in [5.41, 5.74) is 0.528. The van der Waals surface area contributed by atoms with E-state index in [2.05, 4.69) is 17.1 Å². The van der Waals surface area contributed by atoms with Crippen LogP contribution in [-0.4, -0.2) is 39.3 Å². The molecule has 122 valence electrons. The van der Waals surface area contributed by atoms with Crippen LogP contribution in [0.15, 0.2) is 33.9 Å². The van der Waals surface area contributed by atoms with Crippen LogP contribution in [0.5, 0.6) is 0 Å². The number of carbonyl (C=O) groups is 1. The number of hydrogen-bond donors (Lipinski definition) is 0. The maximum absolute atomic E-state index is 13.2. The molecule has 0 radical (unpaired) electrons. The fraction of sp³-hybridized carbons (Fsp3) is 0.438. The van der Waals surface area contributed by atoms with Crippen molar-refractivity contribution in [3.8, 4) is 11.5 Å². The van der Waals surface area contributed by atoms with E-state index < -0.39 is 0 Å². The van der Waals surface area contributed by atoms with Crippen molar-refractivity contribution in [1.82, 2.24) is 15.1 Å². The molecule has 3 rings (SSSR count). The second kappa shape index (κ2) is 7.12. The highest BCUT2D eigenvalue weighted by atomic mass is 32.2. The minimum atomic E-state index is -0.357. The van der Waals surface area contributed by atoms with Gasteiger partial charge in [0, 0.05) is 18.2 Å². The molecule has 1 saturated heterocycles. The molecule has 0 spiro atoms. The molecule has 1 amide bonds. The topological polar surface area (TPSA) is 59.2 Å². The number of rotatable bonds is 4. The molecule has 23 heavy (non-hydrogen) atoms. The number of likely N-dealkylation sites (tertiary alicyclic amines) is 1. The van der Waals surface area contributed by atoms with Crippen LogP contribution in [0, 0.1) is 5.82 Å². The number of carbonyl (C=O) groups excluding carboxylic acids is 1. The number of halogens is 1. The third kappa shape index (κ3) is 3.90. The predicted octanol–water partition coefficient (Wildman–Crippen LogP) is 3.37. The van der Waals surface area contributed by atoms with Crippen molar-refractivity contribution in [1.29, 1.82) is 0 Å². The van der Waals surface area contributed by atoms with Crippen LogP contribution in [0.25, 0.3) is 11.5 Å². The first-order valence-electron chi connectivity index (χ1n) is 7.65. The lowest BCUT2D eigenvalue weighted by Crippen LogP contribution is -2.42. The van der Waals surface area contributed by atoms with Crippen LogP contribution in [0.1, 0.15) is 26.2 Å². The molecule has 1 aliphatic heterocycles. The average molecular weight is 335 g/mol. The minimum absolute atomic E-state index is 0.0905. The largest absolute Gasteiger partial charge is 0.411 e. The fourth-order valence-electron chi connectivity index (χ4n) is 2.68. The molecule has 2 heterocycles. The van der Waals surface area contributed by atoms with Crippen LogP contribution in [-0.2, 0) is 4.79 Å². The van der Waals surface area contributed by atoms with Gasteiger partial charge in [0.1, 0.15) is 5.82 Å². The van der Waals surface area contributed by atoms with E-state index in [4.69, 9.17) is 4.42 Å². The molecule has 5 nitrogen and oxygen atoms in total. The molecule has 0 saturated carbocycles. The lowest BCUT2D eigenvalue weighted by molar-refractivity contribution is -0.131. The Morgan fingerprint density at radius 1 is 1.43 bits per heavy atom. The summed E-state index contributed by atoms with van der Waals surface area (Å²) >= 11 is 1.22. The zero-order valence-electron chi connectivity index (χ0n) is 12.9. The van der Waals surface area contributed by atoms with Gasteiger partial charge in [0.2, 0.25) is 11.8 Å². The highest BCUT2D eigenvalue weighted by molar-refractivity contribution is 7.99. The average Bonchev–Trinajstić information content (AvgIpc) is 3.02. The van der Waals surface area contributed by atoms with Crippen LogP contribution in [0.2, 0.25) is 0 Å². The molecule has 0 aliphatic carbocycles. The van der Waals surface area contributed by atoms with E-state index in [1.807, 2.05) is 4.90 Å². The second-order valence-electron chi connectivity index (χ2n) is 5.60. The molecule has 1 aliphatic rings.